The standard InChI is InChI=1S/C13H15NO3/c15-13-9-3-1-2-7-11(13)10-6-4-5-8-12(10)14(16)17/h4-6,8,11H,1-3,7,9H2. The summed E-state index contributed by atoms with van der Waals surface area (Å²) in [5.41, 5.74) is 0.664. The topological polar surface area (TPSA) is 60.2 Å². The number of carbonyl (C=O) groups excluding carboxylic acids is 1. The van der Waals surface area contributed by atoms with Crippen LogP contribution in [0, 0.1) is 10.1 Å². The van der Waals surface area contributed by atoms with Gasteiger partial charge in [-0.2, -0.15) is 0 Å². The van der Waals surface area contributed by atoms with Crippen molar-refractivity contribution < 1.29 is 9.72 Å². The summed E-state index contributed by atoms with van der Waals surface area (Å²) in [4.78, 5) is 22.5. The van der Waals surface area contributed by atoms with E-state index >= 15 is 0 Å². The monoisotopic (exact) mass is 233 g/mol. The van der Waals surface area contributed by atoms with Gasteiger partial charge in [0.25, 0.3) is 5.69 Å². The summed E-state index contributed by atoms with van der Waals surface area (Å²) in [7, 11) is 0. The molecule has 0 bridgehead atoms. The summed E-state index contributed by atoms with van der Waals surface area (Å²) in [6.07, 6.45) is 4.22. The zero-order chi connectivity index (χ0) is 12.3. The molecule has 0 spiro atoms. The lowest BCUT2D eigenvalue weighted by Gasteiger charge is -2.13. The molecule has 4 nitrogen and oxygen atoms in total. The van der Waals surface area contributed by atoms with E-state index < -0.39 is 4.92 Å². The SMILES string of the molecule is O=C1CCCCCC1c1ccccc1[N+](=O)[O-]. The van der Waals surface area contributed by atoms with E-state index in [9.17, 15) is 14.9 Å². The highest BCUT2D eigenvalue weighted by Gasteiger charge is 2.28. The van der Waals surface area contributed by atoms with E-state index in [0.717, 1.165) is 25.7 Å². The number of hydrogen-bond acceptors (Lipinski definition) is 3. The fraction of sp³-hybridized carbons (Fsp3) is 0.462. The molecule has 0 aliphatic heterocycles. The van der Waals surface area contributed by atoms with Crippen molar-refractivity contribution in [3.05, 3.63) is 39.9 Å². The molecule has 4 heteroatoms. The van der Waals surface area contributed by atoms with Gasteiger partial charge >= 0.3 is 0 Å². The van der Waals surface area contributed by atoms with Gasteiger partial charge in [-0.15, -0.1) is 0 Å². The molecule has 17 heavy (non-hydrogen) atoms. The Bertz CT molecular complexity index is 442. The van der Waals surface area contributed by atoms with Crippen molar-refractivity contribution in [3.8, 4) is 0 Å². The average Bonchev–Trinajstić information content (AvgIpc) is 2.54. The minimum absolute atomic E-state index is 0.0766. The largest absolute Gasteiger partial charge is 0.299 e. The van der Waals surface area contributed by atoms with Crippen LogP contribution in [0.25, 0.3) is 0 Å². The molecule has 1 fully saturated rings. The van der Waals surface area contributed by atoms with Gasteiger partial charge in [-0.05, 0) is 12.8 Å². The lowest BCUT2D eigenvalue weighted by molar-refractivity contribution is -0.385. The minimum atomic E-state index is -0.395. The van der Waals surface area contributed by atoms with Gasteiger partial charge in [0.15, 0.2) is 0 Å². The summed E-state index contributed by atoms with van der Waals surface area (Å²) in [5.74, 6) is -0.129. The second-order valence-corrected chi connectivity index (χ2v) is 4.43. The van der Waals surface area contributed by atoms with Crippen molar-refractivity contribution >= 4 is 11.5 Å². The number of nitro benzene ring substituents is 1. The van der Waals surface area contributed by atoms with Crippen LogP contribution < -0.4 is 0 Å². The molecule has 1 unspecified atom stereocenters. The number of nitro groups is 1. The molecule has 0 saturated heterocycles. The van der Waals surface area contributed by atoms with Crippen molar-refractivity contribution in [2.45, 2.75) is 38.0 Å². The van der Waals surface area contributed by atoms with E-state index in [1.807, 2.05) is 0 Å². The van der Waals surface area contributed by atoms with E-state index in [2.05, 4.69) is 0 Å². The van der Waals surface area contributed by atoms with Gasteiger partial charge in [0.1, 0.15) is 5.78 Å². The summed E-state index contributed by atoms with van der Waals surface area (Å²) < 4.78 is 0. The van der Waals surface area contributed by atoms with Gasteiger partial charge in [0.2, 0.25) is 0 Å². The molecule has 1 aliphatic rings. The van der Waals surface area contributed by atoms with Gasteiger partial charge in [-0.1, -0.05) is 31.0 Å². The smallest absolute Gasteiger partial charge is 0.273 e. The van der Waals surface area contributed by atoms with Crippen molar-refractivity contribution in [2.24, 2.45) is 0 Å². The highest BCUT2D eigenvalue weighted by atomic mass is 16.6. The number of Topliss-reactive ketones (excluding diaryl/α,β-unsaturated/α-hetero) is 1. The molecule has 0 heterocycles. The maximum Gasteiger partial charge on any atom is 0.273 e. The summed E-state index contributed by atoms with van der Waals surface area (Å²) in [6.45, 7) is 0. The zero-order valence-electron chi connectivity index (χ0n) is 9.59. The Morgan fingerprint density at radius 1 is 1.18 bits per heavy atom. The summed E-state index contributed by atoms with van der Waals surface area (Å²) in [6, 6.07) is 6.60. The van der Waals surface area contributed by atoms with Crippen molar-refractivity contribution in [1.82, 2.24) is 0 Å². The van der Waals surface area contributed by atoms with Crippen LogP contribution in [0.4, 0.5) is 5.69 Å². The third-order valence-corrected chi connectivity index (χ3v) is 3.31. The molecule has 90 valence electrons. The van der Waals surface area contributed by atoms with E-state index in [0.29, 0.717) is 12.0 Å². The highest BCUT2D eigenvalue weighted by Crippen LogP contribution is 2.34. The fourth-order valence-electron chi connectivity index (χ4n) is 2.44. The van der Waals surface area contributed by atoms with E-state index in [-0.39, 0.29) is 17.4 Å². The minimum Gasteiger partial charge on any atom is -0.299 e. The zero-order valence-corrected chi connectivity index (χ0v) is 9.59. The molecule has 1 aliphatic carbocycles. The Morgan fingerprint density at radius 3 is 2.71 bits per heavy atom. The van der Waals surface area contributed by atoms with E-state index in [1.54, 1.807) is 18.2 Å². The molecule has 0 aromatic heterocycles. The van der Waals surface area contributed by atoms with Crippen LogP contribution in [0.2, 0.25) is 0 Å². The van der Waals surface area contributed by atoms with Gasteiger partial charge < -0.3 is 0 Å². The Hall–Kier alpha value is -1.71. The summed E-state index contributed by atoms with van der Waals surface area (Å²) >= 11 is 0. The fourth-order valence-corrected chi connectivity index (χ4v) is 2.44. The predicted molar refractivity (Wildman–Crippen MR) is 63.9 cm³/mol. The first-order valence-corrected chi connectivity index (χ1v) is 5.96. The Kier molecular flexibility index (Phi) is 3.52. The average molecular weight is 233 g/mol. The van der Waals surface area contributed by atoms with Crippen LogP contribution in [0.3, 0.4) is 0 Å². The summed E-state index contributed by atoms with van der Waals surface area (Å²) in [5, 5.41) is 11.0. The lowest BCUT2D eigenvalue weighted by atomic mass is 9.89. The van der Waals surface area contributed by atoms with E-state index in [1.165, 1.54) is 6.07 Å². The number of carbonyl (C=O) groups is 1. The number of rotatable bonds is 2. The molecule has 1 saturated carbocycles. The van der Waals surface area contributed by atoms with Gasteiger partial charge in [-0.3, -0.25) is 14.9 Å². The highest BCUT2D eigenvalue weighted by molar-refractivity contribution is 5.87. The molecular formula is C13H15NO3. The quantitative estimate of drug-likeness (QED) is 0.447. The Labute approximate surface area is 99.8 Å². The Balaban J connectivity index is 2.37. The van der Waals surface area contributed by atoms with Crippen LogP contribution in [0.15, 0.2) is 24.3 Å². The Morgan fingerprint density at radius 2 is 1.94 bits per heavy atom. The maximum atomic E-state index is 12.0. The molecule has 0 amide bonds. The van der Waals surface area contributed by atoms with Crippen molar-refractivity contribution in [1.29, 1.82) is 0 Å². The van der Waals surface area contributed by atoms with E-state index in [4.69, 9.17) is 0 Å². The molecule has 1 aromatic carbocycles. The number of nitrogens with zero attached hydrogens (tertiary/aromatic N) is 1. The van der Waals surface area contributed by atoms with Crippen LogP contribution in [0.1, 0.15) is 43.6 Å². The molecule has 0 N–H and O–H groups in total. The maximum absolute atomic E-state index is 12.0. The molecular weight excluding hydrogens is 218 g/mol. The van der Waals surface area contributed by atoms with Crippen molar-refractivity contribution in [2.75, 3.05) is 0 Å². The number of hydrogen-bond donors (Lipinski definition) is 0. The second kappa shape index (κ2) is 5.08. The number of para-hydroxylation sites is 1. The molecule has 0 radical (unpaired) electrons. The predicted octanol–water partition coefficient (Wildman–Crippen LogP) is 3.21. The molecule has 2 rings (SSSR count). The third-order valence-electron chi connectivity index (χ3n) is 3.31. The van der Waals surface area contributed by atoms with Gasteiger partial charge in [0.05, 0.1) is 4.92 Å². The normalized spacial score (nSPS) is 20.9. The lowest BCUT2D eigenvalue weighted by Crippen LogP contribution is -2.12. The van der Waals surface area contributed by atoms with Gasteiger partial charge in [0, 0.05) is 24.0 Å². The molecule has 1 aromatic rings. The first-order valence-electron chi connectivity index (χ1n) is 5.96. The van der Waals surface area contributed by atoms with Crippen LogP contribution in [-0.2, 0) is 4.79 Å². The van der Waals surface area contributed by atoms with Gasteiger partial charge in [-0.25, -0.2) is 0 Å². The number of ketones is 1. The first kappa shape index (κ1) is 11.8. The second-order valence-electron chi connectivity index (χ2n) is 4.43. The third kappa shape index (κ3) is 2.52. The van der Waals surface area contributed by atoms with Crippen molar-refractivity contribution in [3.63, 3.8) is 0 Å². The van der Waals surface area contributed by atoms with Crippen LogP contribution in [-0.4, -0.2) is 10.7 Å². The first-order chi connectivity index (χ1) is 8.20. The van der Waals surface area contributed by atoms with Crippen LogP contribution in [0.5, 0.6) is 0 Å². The number of benzene rings is 1. The molecule has 1 atom stereocenters. The van der Waals surface area contributed by atoms with Crippen LogP contribution >= 0.6 is 0 Å².